The standard InChI is InChI=1S/C18H31N5O2/c1-14(2)22-17(24)8-9-20-18(19-3)21-13-15(16-7-6-12-25-16)23-10-4-5-11-23/h6-7,12,14-15H,4-5,8-11,13H2,1-3H3,(H,22,24)(H2,19,20,21). The molecule has 0 radical (unpaired) electrons. The molecule has 0 aromatic carbocycles. The van der Waals surface area contributed by atoms with Gasteiger partial charge in [0.1, 0.15) is 5.76 Å². The fourth-order valence-electron chi connectivity index (χ4n) is 3.05. The van der Waals surface area contributed by atoms with Crippen LogP contribution in [0.3, 0.4) is 0 Å². The van der Waals surface area contributed by atoms with E-state index in [4.69, 9.17) is 4.42 Å². The van der Waals surface area contributed by atoms with Gasteiger partial charge in [-0.2, -0.15) is 0 Å². The fourth-order valence-corrected chi connectivity index (χ4v) is 3.05. The number of guanidine groups is 1. The van der Waals surface area contributed by atoms with Crippen LogP contribution in [0.5, 0.6) is 0 Å². The molecule has 1 saturated heterocycles. The van der Waals surface area contributed by atoms with E-state index in [-0.39, 0.29) is 18.0 Å². The van der Waals surface area contributed by atoms with E-state index >= 15 is 0 Å². The highest BCUT2D eigenvalue weighted by Crippen LogP contribution is 2.24. The number of amides is 1. The SMILES string of the molecule is CN=C(NCCC(=O)NC(C)C)NCC(c1ccco1)N1CCCC1. The Balaban J connectivity index is 1.80. The molecule has 1 aliphatic rings. The van der Waals surface area contributed by atoms with Gasteiger partial charge in [0, 0.05) is 32.6 Å². The Morgan fingerprint density at radius 3 is 2.68 bits per heavy atom. The highest BCUT2D eigenvalue weighted by Gasteiger charge is 2.25. The zero-order valence-corrected chi connectivity index (χ0v) is 15.5. The first-order valence-corrected chi connectivity index (χ1v) is 9.11. The van der Waals surface area contributed by atoms with Crippen molar-refractivity contribution in [3.05, 3.63) is 24.2 Å². The zero-order chi connectivity index (χ0) is 18.1. The predicted molar refractivity (Wildman–Crippen MR) is 99.5 cm³/mol. The van der Waals surface area contributed by atoms with Gasteiger partial charge in [-0.25, -0.2) is 0 Å². The Kier molecular flexibility index (Phi) is 7.78. The maximum absolute atomic E-state index is 11.7. The number of likely N-dealkylation sites (tertiary alicyclic amines) is 1. The van der Waals surface area contributed by atoms with Crippen LogP contribution in [-0.2, 0) is 4.79 Å². The van der Waals surface area contributed by atoms with Crippen molar-refractivity contribution in [3.8, 4) is 0 Å². The number of carbonyl (C=O) groups excluding carboxylic acids is 1. The Morgan fingerprint density at radius 2 is 2.08 bits per heavy atom. The Labute approximate surface area is 150 Å². The number of furan rings is 1. The van der Waals surface area contributed by atoms with Crippen LogP contribution < -0.4 is 16.0 Å². The number of hydrogen-bond acceptors (Lipinski definition) is 4. The molecule has 1 atom stereocenters. The van der Waals surface area contributed by atoms with E-state index in [1.807, 2.05) is 26.0 Å². The van der Waals surface area contributed by atoms with Gasteiger partial charge >= 0.3 is 0 Å². The van der Waals surface area contributed by atoms with Crippen molar-refractivity contribution in [1.29, 1.82) is 0 Å². The van der Waals surface area contributed by atoms with Gasteiger partial charge in [-0.1, -0.05) is 0 Å². The van der Waals surface area contributed by atoms with Gasteiger partial charge in [0.15, 0.2) is 5.96 Å². The van der Waals surface area contributed by atoms with Gasteiger partial charge in [0.25, 0.3) is 0 Å². The normalized spacial score (nSPS) is 16.9. The molecule has 1 amide bonds. The minimum absolute atomic E-state index is 0.0449. The van der Waals surface area contributed by atoms with Gasteiger partial charge in [0.2, 0.25) is 5.91 Å². The average Bonchev–Trinajstić information content (AvgIpc) is 3.27. The van der Waals surface area contributed by atoms with Crippen molar-refractivity contribution >= 4 is 11.9 Å². The van der Waals surface area contributed by atoms with Crippen molar-refractivity contribution in [2.75, 3.05) is 33.2 Å². The van der Waals surface area contributed by atoms with E-state index in [1.54, 1.807) is 13.3 Å². The first-order valence-electron chi connectivity index (χ1n) is 9.11. The van der Waals surface area contributed by atoms with Crippen LogP contribution in [0.15, 0.2) is 27.8 Å². The van der Waals surface area contributed by atoms with E-state index in [2.05, 4.69) is 25.8 Å². The molecule has 25 heavy (non-hydrogen) atoms. The van der Waals surface area contributed by atoms with Gasteiger partial charge in [0.05, 0.1) is 12.3 Å². The van der Waals surface area contributed by atoms with E-state index < -0.39 is 0 Å². The molecule has 2 heterocycles. The average molecular weight is 349 g/mol. The molecule has 1 aliphatic heterocycles. The predicted octanol–water partition coefficient (Wildman–Crippen LogP) is 1.50. The highest BCUT2D eigenvalue weighted by molar-refractivity contribution is 5.81. The summed E-state index contributed by atoms with van der Waals surface area (Å²) in [5.74, 6) is 1.72. The molecular weight excluding hydrogens is 318 g/mol. The number of aliphatic imine (C=N–C) groups is 1. The molecule has 140 valence electrons. The Morgan fingerprint density at radius 1 is 1.32 bits per heavy atom. The highest BCUT2D eigenvalue weighted by atomic mass is 16.3. The summed E-state index contributed by atoms with van der Waals surface area (Å²) >= 11 is 0. The second-order valence-electron chi connectivity index (χ2n) is 6.63. The third-order valence-electron chi connectivity index (χ3n) is 4.23. The van der Waals surface area contributed by atoms with Gasteiger partial charge in [-0.3, -0.25) is 14.7 Å². The molecule has 1 aromatic rings. The van der Waals surface area contributed by atoms with Gasteiger partial charge in [-0.15, -0.1) is 0 Å². The minimum atomic E-state index is 0.0449. The lowest BCUT2D eigenvalue weighted by Gasteiger charge is -2.26. The third-order valence-corrected chi connectivity index (χ3v) is 4.23. The number of hydrogen-bond donors (Lipinski definition) is 3. The molecule has 1 aromatic heterocycles. The molecule has 7 nitrogen and oxygen atoms in total. The summed E-state index contributed by atoms with van der Waals surface area (Å²) in [6, 6.07) is 4.32. The second kappa shape index (κ2) is 10.1. The van der Waals surface area contributed by atoms with Crippen molar-refractivity contribution in [3.63, 3.8) is 0 Å². The molecule has 0 saturated carbocycles. The number of nitrogens with one attached hydrogen (secondary N) is 3. The minimum Gasteiger partial charge on any atom is -0.468 e. The fraction of sp³-hybridized carbons (Fsp3) is 0.667. The molecule has 0 spiro atoms. The summed E-state index contributed by atoms with van der Waals surface area (Å²) in [4.78, 5) is 18.4. The lowest BCUT2D eigenvalue weighted by molar-refractivity contribution is -0.121. The summed E-state index contributed by atoms with van der Waals surface area (Å²) in [5, 5.41) is 9.43. The first kappa shape index (κ1) is 19.3. The molecule has 0 bridgehead atoms. The van der Waals surface area contributed by atoms with E-state index in [0.717, 1.165) is 18.8 Å². The smallest absolute Gasteiger partial charge is 0.221 e. The van der Waals surface area contributed by atoms with Crippen molar-refractivity contribution in [2.24, 2.45) is 4.99 Å². The molecular formula is C18H31N5O2. The van der Waals surface area contributed by atoms with Crippen LogP contribution in [0.2, 0.25) is 0 Å². The van der Waals surface area contributed by atoms with E-state index in [0.29, 0.717) is 25.5 Å². The number of nitrogens with zero attached hydrogens (tertiary/aromatic N) is 2. The number of rotatable bonds is 8. The van der Waals surface area contributed by atoms with Crippen LogP contribution >= 0.6 is 0 Å². The number of carbonyl (C=O) groups is 1. The quantitative estimate of drug-likeness (QED) is 0.489. The summed E-state index contributed by atoms with van der Waals surface area (Å²) in [6.45, 7) is 7.36. The lowest BCUT2D eigenvalue weighted by atomic mass is 10.2. The van der Waals surface area contributed by atoms with Gasteiger partial charge in [-0.05, 0) is 51.9 Å². The lowest BCUT2D eigenvalue weighted by Crippen LogP contribution is -2.43. The van der Waals surface area contributed by atoms with Crippen LogP contribution in [0.4, 0.5) is 0 Å². The molecule has 3 N–H and O–H groups in total. The summed E-state index contributed by atoms with van der Waals surface area (Å²) in [7, 11) is 1.74. The molecule has 0 aliphatic carbocycles. The topological polar surface area (TPSA) is 81.9 Å². The van der Waals surface area contributed by atoms with E-state index in [1.165, 1.54) is 12.8 Å². The first-order chi connectivity index (χ1) is 12.1. The van der Waals surface area contributed by atoms with Gasteiger partial charge < -0.3 is 20.4 Å². The van der Waals surface area contributed by atoms with Crippen LogP contribution in [0, 0.1) is 0 Å². The Hall–Kier alpha value is -2.02. The van der Waals surface area contributed by atoms with Crippen LogP contribution in [0.25, 0.3) is 0 Å². The van der Waals surface area contributed by atoms with Crippen LogP contribution in [-0.4, -0.2) is 56.0 Å². The molecule has 7 heteroatoms. The zero-order valence-electron chi connectivity index (χ0n) is 15.5. The monoisotopic (exact) mass is 349 g/mol. The van der Waals surface area contributed by atoms with Crippen LogP contribution in [0.1, 0.15) is 44.9 Å². The van der Waals surface area contributed by atoms with Crippen molar-refractivity contribution in [1.82, 2.24) is 20.9 Å². The summed E-state index contributed by atoms with van der Waals surface area (Å²) in [6.07, 6.45) is 4.61. The largest absolute Gasteiger partial charge is 0.468 e. The molecule has 2 rings (SSSR count). The third kappa shape index (κ3) is 6.42. The summed E-state index contributed by atoms with van der Waals surface area (Å²) in [5.41, 5.74) is 0. The molecule has 1 unspecified atom stereocenters. The summed E-state index contributed by atoms with van der Waals surface area (Å²) < 4.78 is 5.63. The van der Waals surface area contributed by atoms with Crippen molar-refractivity contribution < 1.29 is 9.21 Å². The van der Waals surface area contributed by atoms with Crippen molar-refractivity contribution in [2.45, 2.75) is 45.2 Å². The maximum atomic E-state index is 11.7. The molecule has 1 fully saturated rings. The van der Waals surface area contributed by atoms with E-state index in [9.17, 15) is 4.79 Å². The second-order valence-corrected chi connectivity index (χ2v) is 6.63. The maximum Gasteiger partial charge on any atom is 0.221 e. The Bertz CT molecular complexity index is 536.